The maximum atomic E-state index is 12.2. The van der Waals surface area contributed by atoms with Crippen molar-refractivity contribution < 1.29 is 4.79 Å². The molecule has 0 spiro atoms. The SMILES string of the molecule is CCN(C)Cc1cccc(CNC(=O)CC(C)C2CCNCC2)c1. The second-order valence-electron chi connectivity index (χ2n) is 7.20. The molecule has 0 aromatic heterocycles. The van der Waals surface area contributed by atoms with Gasteiger partial charge in [-0.1, -0.05) is 38.1 Å². The highest BCUT2D eigenvalue weighted by Crippen LogP contribution is 2.24. The number of rotatable bonds is 8. The van der Waals surface area contributed by atoms with Crippen LogP contribution < -0.4 is 10.6 Å². The molecule has 1 aromatic carbocycles. The first-order valence-electron chi connectivity index (χ1n) is 9.32. The third-order valence-electron chi connectivity index (χ3n) is 5.17. The average Bonchev–Trinajstić information content (AvgIpc) is 2.61. The summed E-state index contributed by atoms with van der Waals surface area (Å²) in [6, 6.07) is 8.52. The van der Waals surface area contributed by atoms with Crippen LogP contribution in [-0.2, 0) is 17.9 Å². The molecule has 2 N–H and O–H groups in total. The van der Waals surface area contributed by atoms with Gasteiger partial charge in [0.15, 0.2) is 0 Å². The predicted molar refractivity (Wildman–Crippen MR) is 99.7 cm³/mol. The Kier molecular flexibility index (Phi) is 7.73. The number of carbonyl (C=O) groups excluding carboxylic acids is 1. The van der Waals surface area contributed by atoms with E-state index in [9.17, 15) is 4.79 Å². The molecule has 1 amide bonds. The zero-order valence-electron chi connectivity index (χ0n) is 15.5. The molecule has 4 heteroatoms. The Morgan fingerprint density at radius 2 is 2.04 bits per heavy atom. The van der Waals surface area contributed by atoms with Crippen LogP contribution in [0.2, 0.25) is 0 Å². The smallest absolute Gasteiger partial charge is 0.220 e. The average molecular weight is 332 g/mol. The Morgan fingerprint density at radius 3 is 2.75 bits per heavy atom. The summed E-state index contributed by atoms with van der Waals surface area (Å²) in [5.41, 5.74) is 2.48. The highest BCUT2D eigenvalue weighted by Gasteiger charge is 2.21. The normalized spacial score (nSPS) is 17.0. The summed E-state index contributed by atoms with van der Waals surface area (Å²) < 4.78 is 0. The Morgan fingerprint density at radius 1 is 1.33 bits per heavy atom. The number of nitrogens with zero attached hydrogens (tertiary/aromatic N) is 1. The Bertz CT molecular complexity index is 511. The molecule has 4 nitrogen and oxygen atoms in total. The zero-order chi connectivity index (χ0) is 17.4. The highest BCUT2D eigenvalue weighted by molar-refractivity contribution is 5.76. The van der Waals surface area contributed by atoms with Gasteiger partial charge in [-0.2, -0.15) is 0 Å². The summed E-state index contributed by atoms with van der Waals surface area (Å²) >= 11 is 0. The summed E-state index contributed by atoms with van der Waals surface area (Å²) in [4.78, 5) is 14.5. The molecule has 24 heavy (non-hydrogen) atoms. The molecule has 1 aromatic rings. The van der Waals surface area contributed by atoms with Crippen molar-refractivity contribution in [3.63, 3.8) is 0 Å². The molecular formula is C20H33N3O. The van der Waals surface area contributed by atoms with Crippen molar-refractivity contribution >= 4 is 5.91 Å². The Labute approximate surface area is 147 Å². The summed E-state index contributed by atoms with van der Waals surface area (Å²) in [6.07, 6.45) is 3.03. The second-order valence-corrected chi connectivity index (χ2v) is 7.20. The lowest BCUT2D eigenvalue weighted by Gasteiger charge is -2.27. The quantitative estimate of drug-likeness (QED) is 0.770. The van der Waals surface area contributed by atoms with Crippen LogP contribution in [-0.4, -0.2) is 37.5 Å². The lowest BCUT2D eigenvalue weighted by molar-refractivity contribution is -0.122. The molecule has 134 valence electrons. The van der Waals surface area contributed by atoms with E-state index in [1.165, 1.54) is 24.0 Å². The zero-order valence-corrected chi connectivity index (χ0v) is 15.5. The van der Waals surface area contributed by atoms with E-state index in [2.05, 4.69) is 60.7 Å². The van der Waals surface area contributed by atoms with Crippen LogP contribution in [0.25, 0.3) is 0 Å². The van der Waals surface area contributed by atoms with Gasteiger partial charge in [0.25, 0.3) is 0 Å². The van der Waals surface area contributed by atoms with Gasteiger partial charge < -0.3 is 15.5 Å². The molecule has 0 radical (unpaired) electrons. The van der Waals surface area contributed by atoms with Crippen molar-refractivity contribution in [1.29, 1.82) is 0 Å². The number of piperidine rings is 1. The van der Waals surface area contributed by atoms with Gasteiger partial charge >= 0.3 is 0 Å². The summed E-state index contributed by atoms with van der Waals surface area (Å²) in [5, 5.41) is 6.48. The van der Waals surface area contributed by atoms with Crippen molar-refractivity contribution in [2.75, 3.05) is 26.7 Å². The van der Waals surface area contributed by atoms with E-state index in [0.29, 0.717) is 24.8 Å². The van der Waals surface area contributed by atoms with Crippen LogP contribution in [0.1, 0.15) is 44.2 Å². The van der Waals surface area contributed by atoms with E-state index in [1.807, 2.05) is 0 Å². The van der Waals surface area contributed by atoms with Crippen LogP contribution in [0.15, 0.2) is 24.3 Å². The van der Waals surface area contributed by atoms with Crippen LogP contribution in [0.4, 0.5) is 0 Å². The fourth-order valence-corrected chi connectivity index (χ4v) is 3.41. The number of carbonyl (C=O) groups is 1. The first-order chi connectivity index (χ1) is 11.6. The third-order valence-corrected chi connectivity index (χ3v) is 5.17. The number of hydrogen-bond acceptors (Lipinski definition) is 3. The monoisotopic (exact) mass is 331 g/mol. The summed E-state index contributed by atoms with van der Waals surface area (Å²) in [5.74, 6) is 1.33. The lowest BCUT2D eigenvalue weighted by atomic mass is 9.84. The van der Waals surface area contributed by atoms with E-state index < -0.39 is 0 Å². The van der Waals surface area contributed by atoms with Gasteiger partial charge in [0.05, 0.1) is 0 Å². The Hall–Kier alpha value is -1.39. The molecule has 0 saturated carbocycles. The first kappa shape index (κ1) is 18.9. The number of nitrogens with one attached hydrogen (secondary N) is 2. The van der Waals surface area contributed by atoms with Crippen molar-refractivity contribution in [1.82, 2.24) is 15.5 Å². The van der Waals surface area contributed by atoms with E-state index in [4.69, 9.17) is 0 Å². The maximum absolute atomic E-state index is 12.2. The molecule has 2 rings (SSSR count). The van der Waals surface area contributed by atoms with Crippen molar-refractivity contribution in [3.05, 3.63) is 35.4 Å². The fraction of sp³-hybridized carbons (Fsp3) is 0.650. The van der Waals surface area contributed by atoms with Crippen molar-refractivity contribution in [2.24, 2.45) is 11.8 Å². The van der Waals surface area contributed by atoms with Crippen molar-refractivity contribution in [3.8, 4) is 0 Å². The summed E-state index contributed by atoms with van der Waals surface area (Å²) in [7, 11) is 2.12. The van der Waals surface area contributed by atoms with Gasteiger partial charge in [-0.05, 0) is 62.5 Å². The predicted octanol–water partition coefficient (Wildman–Crippen LogP) is 2.78. The minimum Gasteiger partial charge on any atom is -0.352 e. The fourth-order valence-electron chi connectivity index (χ4n) is 3.41. The minimum absolute atomic E-state index is 0.178. The summed E-state index contributed by atoms with van der Waals surface area (Å²) in [6.45, 7) is 9.18. The molecule has 1 atom stereocenters. The molecule has 1 unspecified atom stereocenters. The Balaban J connectivity index is 1.77. The van der Waals surface area contributed by atoms with Crippen molar-refractivity contribution in [2.45, 2.75) is 46.2 Å². The molecule has 1 fully saturated rings. The van der Waals surface area contributed by atoms with Crippen LogP contribution in [0.3, 0.4) is 0 Å². The molecular weight excluding hydrogens is 298 g/mol. The van der Waals surface area contributed by atoms with E-state index in [1.54, 1.807) is 0 Å². The van der Waals surface area contributed by atoms with Crippen LogP contribution in [0.5, 0.6) is 0 Å². The second kappa shape index (κ2) is 9.80. The third kappa shape index (κ3) is 6.25. The molecule has 1 aliphatic rings. The molecule has 0 aliphatic carbocycles. The standard InChI is InChI=1S/C20H33N3O/c1-4-23(3)15-18-7-5-6-17(13-18)14-22-20(24)12-16(2)19-8-10-21-11-9-19/h5-7,13,16,19,21H,4,8-12,14-15H2,1-3H3,(H,22,24). The molecule has 1 saturated heterocycles. The maximum Gasteiger partial charge on any atom is 0.220 e. The van der Waals surface area contributed by atoms with Gasteiger partial charge in [0.1, 0.15) is 0 Å². The van der Waals surface area contributed by atoms with Gasteiger partial charge in [-0.25, -0.2) is 0 Å². The van der Waals surface area contributed by atoms with E-state index >= 15 is 0 Å². The van der Waals surface area contributed by atoms with Gasteiger partial charge in [0.2, 0.25) is 5.91 Å². The minimum atomic E-state index is 0.178. The van der Waals surface area contributed by atoms with Gasteiger partial charge in [-0.15, -0.1) is 0 Å². The van der Waals surface area contributed by atoms with Crippen LogP contribution in [0, 0.1) is 11.8 Å². The molecule has 0 bridgehead atoms. The van der Waals surface area contributed by atoms with E-state index in [-0.39, 0.29) is 5.91 Å². The highest BCUT2D eigenvalue weighted by atomic mass is 16.1. The van der Waals surface area contributed by atoms with Crippen LogP contribution >= 0.6 is 0 Å². The lowest BCUT2D eigenvalue weighted by Crippen LogP contribution is -2.33. The first-order valence-corrected chi connectivity index (χ1v) is 9.32. The molecule has 1 aliphatic heterocycles. The molecule has 1 heterocycles. The largest absolute Gasteiger partial charge is 0.352 e. The number of hydrogen-bond donors (Lipinski definition) is 2. The topological polar surface area (TPSA) is 44.4 Å². The number of benzene rings is 1. The van der Waals surface area contributed by atoms with Gasteiger partial charge in [-0.3, -0.25) is 4.79 Å². The van der Waals surface area contributed by atoms with Gasteiger partial charge in [0, 0.05) is 19.5 Å². The number of amides is 1. The van der Waals surface area contributed by atoms with E-state index in [0.717, 1.165) is 26.2 Å².